The number of fused-ring (bicyclic) bond motifs is 2. The molecule has 0 saturated carbocycles. The minimum atomic E-state index is -0.232. The van der Waals surface area contributed by atoms with Gasteiger partial charge >= 0.3 is 0 Å². The number of piperidine rings is 1. The van der Waals surface area contributed by atoms with Crippen LogP contribution in [-0.2, 0) is 0 Å². The van der Waals surface area contributed by atoms with Crippen molar-refractivity contribution in [2.45, 2.75) is 39.2 Å². The molecule has 3 heterocycles. The predicted octanol–water partition coefficient (Wildman–Crippen LogP) is 5.01. The van der Waals surface area contributed by atoms with E-state index in [0.29, 0.717) is 29.5 Å². The van der Waals surface area contributed by atoms with E-state index in [2.05, 4.69) is 32.0 Å². The highest BCUT2D eigenvalue weighted by molar-refractivity contribution is 5.93. The van der Waals surface area contributed by atoms with Crippen LogP contribution in [0.1, 0.15) is 31.7 Å². The van der Waals surface area contributed by atoms with E-state index >= 15 is 0 Å². The van der Waals surface area contributed by atoms with Gasteiger partial charge < -0.3 is 19.7 Å². The first-order valence-electron chi connectivity index (χ1n) is 13.0. The van der Waals surface area contributed by atoms with E-state index in [-0.39, 0.29) is 5.82 Å². The van der Waals surface area contributed by atoms with Gasteiger partial charge in [0.15, 0.2) is 11.5 Å². The van der Waals surface area contributed by atoms with E-state index in [4.69, 9.17) is 9.47 Å². The molecule has 0 aliphatic carbocycles. The normalized spacial score (nSPS) is 20.4. The van der Waals surface area contributed by atoms with Gasteiger partial charge in [-0.2, -0.15) is 0 Å². The van der Waals surface area contributed by atoms with Crippen LogP contribution in [0.5, 0.6) is 11.5 Å². The third-order valence-corrected chi connectivity index (χ3v) is 7.67. The van der Waals surface area contributed by atoms with Gasteiger partial charge in [-0.25, -0.2) is 14.4 Å². The van der Waals surface area contributed by atoms with E-state index in [1.54, 1.807) is 26.2 Å². The van der Waals surface area contributed by atoms with Crippen LogP contribution in [0.4, 0.5) is 15.9 Å². The molecular formula is C28H36FN5O2. The van der Waals surface area contributed by atoms with Gasteiger partial charge in [0.25, 0.3) is 0 Å². The van der Waals surface area contributed by atoms with Crippen molar-refractivity contribution in [2.24, 2.45) is 5.92 Å². The molecule has 1 aromatic heterocycles. The SMILES string of the molecule is CCN1CCC2C(CCN2CCCOc2cc3c(Nc4ccc(F)c(C)c4)ncnc3cc2OC)C1. The zero-order valence-electron chi connectivity index (χ0n) is 21.5. The largest absolute Gasteiger partial charge is 0.493 e. The molecule has 5 rings (SSSR count). The number of rotatable bonds is 9. The molecule has 2 saturated heterocycles. The van der Waals surface area contributed by atoms with Crippen molar-refractivity contribution in [1.29, 1.82) is 0 Å². The van der Waals surface area contributed by atoms with E-state index in [0.717, 1.165) is 48.1 Å². The van der Waals surface area contributed by atoms with Crippen molar-refractivity contribution in [3.63, 3.8) is 0 Å². The lowest BCUT2D eigenvalue weighted by atomic mass is 9.93. The number of ether oxygens (including phenoxy) is 2. The molecule has 2 aromatic carbocycles. The highest BCUT2D eigenvalue weighted by atomic mass is 19.1. The summed E-state index contributed by atoms with van der Waals surface area (Å²) in [5.74, 6) is 2.55. The molecule has 0 spiro atoms. The number of hydrogen-bond acceptors (Lipinski definition) is 7. The Kier molecular flexibility index (Phi) is 7.53. The Morgan fingerprint density at radius 2 is 2.00 bits per heavy atom. The van der Waals surface area contributed by atoms with Gasteiger partial charge in [0.2, 0.25) is 0 Å². The second-order valence-electron chi connectivity index (χ2n) is 9.87. The molecule has 2 aliphatic heterocycles. The second-order valence-corrected chi connectivity index (χ2v) is 9.87. The van der Waals surface area contributed by atoms with Crippen molar-refractivity contribution in [2.75, 3.05) is 51.8 Å². The van der Waals surface area contributed by atoms with Crippen LogP contribution in [-0.4, -0.2) is 72.3 Å². The number of nitrogens with one attached hydrogen (secondary N) is 1. The van der Waals surface area contributed by atoms with Gasteiger partial charge in [-0.3, -0.25) is 4.90 Å². The lowest BCUT2D eigenvalue weighted by Crippen LogP contribution is -2.46. The number of halogens is 1. The molecular weight excluding hydrogens is 457 g/mol. The Bertz CT molecular complexity index is 1210. The topological polar surface area (TPSA) is 62.8 Å². The van der Waals surface area contributed by atoms with Gasteiger partial charge in [0.1, 0.15) is 18.0 Å². The summed E-state index contributed by atoms with van der Waals surface area (Å²) < 4.78 is 25.5. The van der Waals surface area contributed by atoms with Gasteiger partial charge in [-0.1, -0.05) is 6.92 Å². The van der Waals surface area contributed by atoms with Crippen LogP contribution in [0.15, 0.2) is 36.7 Å². The Hall–Kier alpha value is -2.97. The maximum atomic E-state index is 13.7. The molecule has 2 fully saturated rings. The molecule has 2 atom stereocenters. The van der Waals surface area contributed by atoms with Gasteiger partial charge in [0.05, 0.1) is 19.2 Å². The Balaban J connectivity index is 1.25. The zero-order valence-corrected chi connectivity index (χ0v) is 21.5. The van der Waals surface area contributed by atoms with Crippen molar-refractivity contribution < 1.29 is 13.9 Å². The van der Waals surface area contributed by atoms with Crippen LogP contribution >= 0.6 is 0 Å². The molecule has 3 aromatic rings. The van der Waals surface area contributed by atoms with Crippen LogP contribution in [0.3, 0.4) is 0 Å². The number of benzene rings is 2. The first-order valence-corrected chi connectivity index (χ1v) is 13.0. The summed E-state index contributed by atoms with van der Waals surface area (Å²) in [6.45, 7) is 10.5. The smallest absolute Gasteiger partial charge is 0.162 e. The van der Waals surface area contributed by atoms with E-state index in [1.807, 2.05) is 12.1 Å². The van der Waals surface area contributed by atoms with Gasteiger partial charge in [0, 0.05) is 36.3 Å². The Morgan fingerprint density at radius 1 is 1.11 bits per heavy atom. The third-order valence-electron chi connectivity index (χ3n) is 7.67. The average molecular weight is 494 g/mol. The summed E-state index contributed by atoms with van der Waals surface area (Å²) in [5.41, 5.74) is 2.09. The molecule has 36 heavy (non-hydrogen) atoms. The molecule has 192 valence electrons. The van der Waals surface area contributed by atoms with Gasteiger partial charge in [-0.05, 0) is 81.6 Å². The number of aromatic nitrogens is 2. The fourth-order valence-electron chi connectivity index (χ4n) is 5.67. The minimum Gasteiger partial charge on any atom is -0.493 e. The maximum absolute atomic E-state index is 13.7. The van der Waals surface area contributed by atoms with Crippen molar-refractivity contribution >= 4 is 22.4 Å². The number of nitrogens with zero attached hydrogens (tertiary/aromatic N) is 4. The fraction of sp³-hybridized carbons (Fsp3) is 0.500. The lowest BCUT2D eigenvalue weighted by Gasteiger charge is -2.37. The summed E-state index contributed by atoms with van der Waals surface area (Å²) in [6.07, 6.45) is 5.06. The number of likely N-dealkylation sites (tertiary alicyclic amines) is 2. The first kappa shape index (κ1) is 24.7. The first-order chi connectivity index (χ1) is 17.6. The minimum absolute atomic E-state index is 0.232. The molecule has 0 bridgehead atoms. The summed E-state index contributed by atoms with van der Waals surface area (Å²) in [4.78, 5) is 14.1. The van der Waals surface area contributed by atoms with Crippen molar-refractivity contribution in [1.82, 2.24) is 19.8 Å². The molecule has 0 radical (unpaired) electrons. The predicted molar refractivity (Wildman–Crippen MR) is 141 cm³/mol. The molecule has 8 heteroatoms. The summed E-state index contributed by atoms with van der Waals surface area (Å²) in [5, 5.41) is 4.11. The monoisotopic (exact) mass is 493 g/mol. The molecule has 0 amide bonds. The van der Waals surface area contributed by atoms with Crippen molar-refractivity contribution in [3.05, 3.63) is 48.0 Å². The maximum Gasteiger partial charge on any atom is 0.162 e. The highest BCUT2D eigenvalue weighted by Crippen LogP contribution is 2.35. The quantitative estimate of drug-likeness (QED) is 0.420. The molecule has 2 unspecified atom stereocenters. The molecule has 2 aliphatic rings. The third kappa shape index (κ3) is 5.25. The second kappa shape index (κ2) is 11.0. The van der Waals surface area contributed by atoms with Crippen LogP contribution < -0.4 is 14.8 Å². The van der Waals surface area contributed by atoms with Crippen LogP contribution in [0, 0.1) is 18.7 Å². The van der Waals surface area contributed by atoms with E-state index < -0.39 is 0 Å². The van der Waals surface area contributed by atoms with Crippen LogP contribution in [0.25, 0.3) is 10.9 Å². The molecule has 7 nitrogen and oxygen atoms in total. The van der Waals surface area contributed by atoms with Crippen molar-refractivity contribution in [3.8, 4) is 11.5 Å². The van der Waals surface area contributed by atoms with E-state index in [1.165, 1.54) is 44.9 Å². The number of hydrogen-bond donors (Lipinski definition) is 1. The number of anilines is 2. The Morgan fingerprint density at radius 3 is 2.81 bits per heavy atom. The van der Waals surface area contributed by atoms with Gasteiger partial charge in [-0.15, -0.1) is 0 Å². The van der Waals surface area contributed by atoms with Crippen LogP contribution in [0.2, 0.25) is 0 Å². The lowest BCUT2D eigenvalue weighted by molar-refractivity contribution is 0.111. The zero-order chi connectivity index (χ0) is 25.1. The highest BCUT2D eigenvalue weighted by Gasteiger charge is 2.37. The standard InChI is InChI=1S/C28H36FN5O2/c1-4-33-11-9-25-20(17-33)8-12-34(25)10-5-13-36-27-15-22-24(16-26(27)35-3)30-18-31-28(22)32-21-6-7-23(29)19(2)14-21/h6-7,14-16,18,20,25H,4-5,8-13,17H2,1-3H3,(H,30,31,32). The summed E-state index contributed by atoms with van der Waals surface area (Å²) in [7, 11) is 1.64. The number of methoxy groups -OCH3 is 1. The van der Waals surface area contributed by atoms with E-state index in [9.17, 15) is 4.39 Å². The fourth-order valence-corrected chi connectivity index (χ4v) is 5.67. The molecule has 1 N–H and O–H groups in total. The average Bonchev–Trinajstić information content (AvgIpc) is 3.30. The summed E-state index contributed by atoms with van der Waals surface area (Å²) in [6, 6.07) is 9.45. The number of aryl methyl sites for hydroxylation is 1. The Labute approximate surface area is 212 Å². The summed E-state index contributed by atoms with van der Waals surface area (Å²) >= 11 is 0.